The van der Waals surface area contributed by atoms with E-state index in [4.69, 9.17) is 0 Å². The lowest BCUT2D eigenvalue weighted by Crippen LogP contribution is -2.44. The average molecular weight is 256 g/mol. The van der Waals surface area contributed by atoms with Crippen LogP contribution in [0.3, 0.4) is 0 Å². The maximum atomic E-state index is 4.61. The predicted molar refractivity (Wildman–Crippen MR) is 81.0 cm³/mol. The summed E-state index contributed by atoms with van der Waals surface area (Å²) in [5, 5.41) is 5.69. The van der Waals surface area contributed by atoms with Gasteiger partial charge in [0.15, 0.2) is 0 Å². The Morgan fingerprint density at radius 3 is 2.63 bits per heavy atom. The Morgan fingerprint density at radius 2 is 1.89 bits per heavy atom. The lowest BCUT2D eigenvalue weighted by Gasteiger charge is -2.33. The molecule has 1 aliphatic heterocycles. The van der Waals surface area contributed by atoms with Gasteiger partial charge >= 0.3 is 0 Å². The first-order valence-corrected chi connectivity index (χ1v) is 6.78. The van der Waals surface area contributed by atoms with Gasteiger partial charge in [0, 0.05) is 50.5 Å². The molecule has 4 nitrogen and oxygen atoms in total. The first-order chi connectivity index (χ1) is 9.28. The van der Waals surface area contributed by atoms with Crippen LogP contribution in [0.4, 0.5) is 11.5 Å². The number of hydrogen-bond acceptors (Lipinski definition) is 4. The first-order valence-electron chi connectivity index (χ1n) is 6.78. The standard InChI is InChI=1S/C15H20N4/c1-16-13-4-3-12-5-6-17-15(14(12)11-13)19-9-7-18(2)8-10-19/h3-6,11,16H,7-10H2,1-2H3. The maximum Gasteiger partial charge on any atom is 0.136 e. The van der Waals surface area contributed by atoms with Crippen LogP contribution < -0.4 is 10.2 Å². The zero-order valence-corrected chi connectivity index (χ0v) is 11.6. The fraction of sp³-hybridized carbons (Fsp3) is 0.400. The maximum absolute atomic E-state index is 4.61. The van der Waals surface area contributed by atoms with Crippen LogP contribution in [0.15, 0.2) is 30.5 Å². The Kier molecular flexibility index (Phi) is 3.25. The second kappa shape index (κ2) is 5.05. The number of piperazine rings is 1. The second-order valence-electron chi connectivity index (χ2n) is 5.11. The summed E-state index contributed by atoms with van der Waals surface area (Å²) in [7, 11) is 4.13. The van der Waals surface area contributed by atoms with Gasteiger partial charge in [-0.15, -0.1) is 0 Å². The number of anilines is 2. The number of benzene rings is 1. The van der Waals surface area contributed by atoms with E-state index in [9.17, 15) is 0 Å². The number of rotatable bonds is 2. The third-order valence-corrected chi connectivity index (χ3v) is 3.84. The van der Waals surface area contributed by atoms with Crippen LogP contribution in [-0.2, 0) is 0 Å². The van der Waals surface area contributed by atoms with Crippen LogP contribution in [0.1, 0.15) is 0 Å². The van der Waals surface area contributed by atoms with Crippen molar-refractivity contribution in [2.24, 2.45) is 0 Å². The number of nitrogens with zero attached hydrogens (tertiary/aromatic N) is 3. The number of hydrogen-bond donors (Lipinski definition) is 1. The van der Waals surface area contributed by atoms with E-state index in [-0.39, 0.29) is 0 Å². The van der Waals surface area contributed by atoms with Crippen molar-refractivity contribution in [2.75, 3.05) is 50.5 Å². The summed E-state index contributed by atoms with van der Waals surface area (Å²) in [4.78, 5) is 9.36. The lowest BCUT2D eigenvalue weighted by atomic mass is 10.1. The van der Waals surface area contributed by atoms with Crippen molar-refractivity contribution in [1.29, 1.82) is 0 Å². The molecule has 0 amide bonds. The molecule has 0 radical (unpaired) electrons. The van der Waals surface area contributed by atoms with Gasteiger partial charge in [0.1, 0.15) is 5.82 Å². The van der Waals surface area contributed by atoms with Gasteiger partial charge in [-0.05, 0) is 30.6 Å². The molecule has 2 aromatic rings. The Bertz CT molecular complexity index is 573. The summed E-state index contributed by atoms with van der Waals surface area (Å²) >= 11 is 0. The Labute approximate surface area is 114 Å². The van der Waals surface area contributed by atoms with Crippen molar-refractivity contribution < 1.29 is 0 Å². The van der Waals surface area contributed by atoms with Crippen LogP contribution in [0.5, 0.6) is 0 Å². The number of aromatic nitrogens is 1. The number of pyridine rings is 1. The average Bonchev–Trinajstić information content (AvgIpc) is 2.47. The van der Waals surface area contributed by atoms with Crippen LogP contribution in [0.2, 0.25) is 0 Å². The predicted octanol–water partition coefficient (Wildman–Crippen LogP) is 2.03. The highest BCUT2D eigenvalue weighted by molar-refractivity contribution is 5.94. The molecule has 3 rings (SSSR count). The van der Waals surface area contributed by atoms with Crippen LogP contribution in [0, 0.1) is 0 Å². The zero-order chi connectivity index (χ0) is 13.2. The van der Waals surface area contributed by atoms with E-state index in [1.165, 1.54) is 10.8 Å². The molecule has 0 atom stereocenters. The molecule has 1 saturated heterocycles. The van der Waals surface area contributed by atoms with Gasteiger partial charge in [0.05, 0.1) is 0 Å². The minimum absolute atomic E-state index is 1.05. The first kappa shape index (κ1) is 12.2. The molecular formula is C15H20N4. The van der Waals surface area contributed by atoms with Crippen LogP contribution >= 0.6 is 0 Å². The van der Waals surface area contributed by atoms with Crippen molar-refractivity contribution in [3.63, 3.8) is 0 Å². The van der Waals surface area contributed by atoms with Crippen molar-refractivity contribution in [3.05, 3.63) is 30.5 Å². The third kappa shape index (κ3) is 2.36. The second-order valence-corrected chi connectivity index (χ2v) is 5.11. The third-order valence-electron chi connectivity index (χ3n) is 3.84. The molecule has 0 saturated carbocycles. The molecule has 1 aromatic heterocycles. The fourth-order valence-electron chi connectivity index (χ4n) is 2.58. The topological polar surface area (TPSA) is 31.4 Å². The van der Waals surface area contributed by atoms with Gasteiger partial charge in [-0.25, -0.2) is 4.98 Å². The fourth-order valence-corrected chi connectivity index (χ4v) is 2.58. The van der Waals surface area contributed by atoms with E-state index in [0.717, 1.165) is 37.7 Å². The molecular weight excluding hydrogens is 236 g/mol. The van der Waals surface area contributed by atoms with E-state index in [0.29, 0.717) is 0 Å². The van der Waals surface area contributed by atoms with Gasteiger partial charge in [-0.2, -0.15) is 0 Å². The van der Waals surface area contributed by atoms with Gasteiger partial charge in [-0.1, -0.05) is 6.07 Å². The van der Waals surface area contributed by atoms with E-state index >= 15 is 0 Å². The minimum atomic E-state index is 1.05. The quantitative estimate of drug-likeness (QED) is 0.891. The molecule has 4 heteroatoms. The van der Waals surface area contributed by atoms with Gasteiger partial charge in [0.2, 0.25) is 0 Å². The number of fused-ring (bicyclic) bond motifs is 1. The highest BCUT2D eigenvalue weighted by atomic mass is 15.3. The van der Waals surface area contributed by atoms with Gasteiger partial charge in [0.25, 0.3) is 0 Å². The van der Waals surface area contributed by atoms with Crippen molar-refractivity contribution in [3.8, 4) is 0 Å². The molecule has 1 aliphatic rings. The van der Waals surface area contributed by atoms with Crippen molar-refractivity contribution in [1.82, 2.24) is 9.88 Å². The molecule has 0 spiro atoms. The van der Waals surface area contributed by atoms with Crippen molar-refractivity contribution >= 4 is 22.3 Å². The highest BCUT2D eigenvalue weighted by Crippen LogP contribution is 2.27. The number of likely N-dealkylation sites (N-methyl/N-ethyl adjacent to an activating group) is 1. The van der Waals surface area contributed by atoms with Crippen LogP contribution in [0.25, 0.3) is 10.8 Å². The van der Waals surface area contributed by atoms with E-state index in [1.807, 2.05) is 13.2 Å². The minimum Gasteiger partial charge on any atom is -0.388 e. The molecule has 100 valence electrons. The summed E-state index contributed by atoms with van der Waals surface area (Å²) in [5.74, 6) is 1.11. The molecule has 0 aliphatic carbocycles. The summed E-state index contributed by atoms with van der Waals surface area (Å²) in [6.07, 6.45) is 1.91. The molecule has 1 fully saturated rings. The Balaban J connectivity index is 2.02. The molecule has 0 unspecified atom stereocenters. The zero-order valence-electron chi connectivity index (χ0n) is 11.6. The normalized spacial score (nSPS) is 16.8. The summed E-state index contributed by atoms with van der Waals surface area (Å²) < 4.78 is 0. The SMILES string of the molecule is CNc1ccc2ccnc(N3CCN(C)CC3)c2c1. The summed E-state index contributed by atoms with van der Waals surface area (Å²) in [6.45, 7) is 4.30. The van der Waals surface area contributed by atoms with Crippen LogP contribution in [-0.4, -0.2) is 50.2 Å². The van der Waals surface area contributed by atoms with Gasteiger partial charge in [-0.3, -0.25) is 0 Å². The Morgan fingerprint density at radius 1 is 1.11 bits per heavy atom. The van der Waals surface area contributed by atoms with E-state index in [1.54, 1.807) is 0 Å². The summed E-state index contributed by atoms with van der Waals surface area (Å²) in [5.41, 5.74) is 1.14. The lowest BCUT2D eigenvalue weighted by molar-refractivity contribution is 0.312. The van der Waals surface area contributed by atoms with E-state index in [2.05, 4.69) is 51.4 Å². The molecule has 1 N–H and O–H groups in total. The van der Waals surface area contributed by atoms with Crippen molar-refractivity contribution in [2.45, 2.75) is 0 Å². The molecule has 1 aromatic carbocycles. The van der Waals surface area contributed by atoms with E-state index < -0.39 is 0 Å². The smallest absolute Gasteiger partial charge is 0.136 e. The monoisotopic (exact) mass is 256 g/mol. The summed E-state index contributed by atoms with van der Waals surface area (Å²) in [6, 6.07) is 8.53. The van der Waals surface area contributed by atoms with Gasteiger partial charge < -0.3 is 15.1 Å². The largest absolute Gasteiger partial charge is 0.388 e. The molecule has 2 heterocycles. The molecule has 0 bridgehead atoms. The molecule has 19 heavy (non-hydrogen) atoms. The number of nitrogens with one attached hydrogen (secondary N) is 1. The Hall–Kier alpha value is -1.81. The highest BCUT2D eigenvalue weighted by Gasteiger charge is 2.17.